The van der Waals surface area contributed by atoms with E-state index in [-0.39, 0.29) is 0 Å². The Hall–Kier alpha value is -1.00. The quantitative estimate of drug-likeness (QED) is 0.863. The van der Waals surface area contributed by atoms with Gasteiger partial charge in [0.2, 0.25) is 0 Å². The monoisotopic (exact) mass is 233 g/mol. The summed E-state index contributed by atoms with van der Waals surface area (Å²) in [4.78, 5) is 4.58. The highest BCUT2D eigenvalue weighted by atomic mass is 32.2. The van der Waals surface area contributed by atoms with Gasteiger partial charge in [-0.25, -0.2) is 4.98 Å². The standard InChI is InChI=1S/C12H15N3S/c13-6-10-2-1-3-11-7-14-12(15(10)11)9-4-5-16-8-9/h1-3,7,9H,4-6,8,13H2. The first-order valence-electron chi connectivity index (χ1n) is 5.63. The third kappa shape index (κ3) is 1.53. The zero-order valence-electron chi connectivity index (χ0n) is 9.10. The average Bonchev–Trinajstić information content (AvgIpc) is 2.96. The molecule has 0 spiro atoms. The first-order chi connectivity index (χ1) is 7.90. The molecule has 3 rings (SSSR count). The molecule has 3 nitrogen and oxygen atoms in total. The van der Waals surface area contributed by atoms with Crippen LogP contribution in [0.5, 0.6) is 0 Å². The molecule has 1 saturated heterocycles. The fourth-order valence-electron chi connectivity index (χ4n) is 2.33. The number of fused-ring (bicyclic) bond motifs is 1. The van der Waals surface area contributed by atoms with E-state index in [0.717, 1.165) is 11.2 Å². The van der Waals surface area contributed by atoms with Crippen molar-refractivity contribution in [2.45, 2.75) is 18.9 Å². The molecule has 1 aliphatic heterocycles. The van der Waals surface area contributed by atoms with Gasteiger partial charge < -0.3 is 5.73 Å². The number of thioether (sulfide) groups is 1. The average molecular weight is 233 g/mol. The SMILES string of the molecule is NCc1cccc2cnc(C3CCSC3)n12. The minimum atomic E-state index is 0.570. The lowest BCUT2D eigenvalue weighted by Crippen LogP contribution is -2.09. The summed E-state index contributed by atoms with van der Waals surface area (Å²) in [7, 11) is 0. The van der Waals surface area contributed by atoms with Crippen LogP contribution < -0.4 is 5.73 Å². The Morgan fingerprint density at radius 3 is 3.19 bits per heavy atom. The molecule has 0 amide bonds. The van der Waals surface area contributed by atoms with E-state index in [2.05, 4.69) is 21.5 Å². The van der Waals surface area contributed by atoms with E-state index in [1.54, 1.807) is 0 Å². The Bertz CT molecular complexity index is 500. The Morgan fingerprint density at radius 1 is 1.50 bits per heavy atom. The van der Waals surface area contributed by atoms with Crippen molar-refractivity contribution < 1.29 is 0 Å². The van der Waals surface area contributed by atoms with E-state index in [4.69, 9.17) is 5.73 Å². The summed E-state index contributed by atoms with van der Waals surface area (Å²) in [5, 5.41) is 0. The first kappa shape index (κ1) is 10.2. The molecule has 1 fully saturated rings. The molecule has 2 aromatic heterocycles. The molecule has 4 heteroatoms. The van der Waals surface area contributed by atoms with Gasteiger partial charge in [0, 0.05) is 23.9 Å². The molecule has 1 aliphatic rings. The maximum absolute atomic E-state index is 5.79. The van der Waals surface area contributed by atoms with Gasteiger partial charge in [-0.1, -0.05) is 6.07 Å². The van der Waals surface area contributed by atoms with Crippen LogP contribution in [-0.2, 0) is 6.54 Å². The van der Waals surface area contributed by atoms with E-state index >= 15 is 0 Å². The van der Waals surface area contributed by atoms with Crippen molar-refractivity contribution in [1.82, 2.24) is 9.38 Å². The van der Waals surface area contributed by atoms with Gasteiger partial charge in [-0.3, -0.25) is 4.40 Å². The van der Waals surface area contributed by atoms with Gasteiger partial charge in [0.25, 0.3) is 0 Å². The van der Waals surface area contributed by atoms with Crippen molar-refractivity contribution in [2.75, 3.05) is 11.5 Å². The van der Waals surface area contributed by atoms with Crippen molar-refractivity contribution in [2.24, 2.45) is 5.73 Å². The molecule has 16 heavy (non-hydrogen) atoms. The van der Waals surface area contributed by atoms with Crippen LogP contribution in [0.3, 0.4) is 0 Å². The van der Waals surface area contributed by atoms with Crippen LogP contribution in [0.1, 0.15) is 23.9 Å². The number of nitrogens with zero attached hydrogens (tertiary/aromatic N) is 2. The minimum Gasteiger partial charge on any atom is -0.325 e. The van der Waals surface area contributed by atoms with Crippen LogP contribution >= 0.6 is 11.8 Å². The second-order valence-corrected chi connectivity index (χ2v) is 5.31. The Kier molecular flexibility index (Phi) is 2.61. The van der Waals surface area contributed by atoms with E-state index in [1.165, 1.54) is 23.8 Å². The number of pyridine rings is 1. The van der Waals surface area contributed by atoms with E-state index in [9.17, 15) is 0 Å². The molecule has 84 valence electrons. The number of nitrogens with two attached hydrogens (primary N) is 1. The van der Waals surface area contributed by atoms with Gasteiger partial charge in [0.15, 0.2) is 0 Å². The maximum Gasteiger partial charge on any atom is 0.117 e. The summed E-state index contributed by atoms with van der Waals surface area (Å²) in [6.07, 6.45) is 3.19. The summed E-state index contributed by atoms with van der Waals surface area (Å²) in [6.45, 7) is 0.570. The zero-order valence-corrected chi connectivity index (χ0v) is 9.91. The smallest absolute Gasteiger partial charge is 0.117 e. The lowest BCUT2D eigenvalue weighted by molar-refractivity contribution is 0.702. The van der Waals surface area contributed by atoms with Crippen LogP contribution in [-0.4, -0.2) is 20.9 Å². The molecule has 2 N–H and O–H groups in total. The lowest BCUT2D eigenvalue weighted by Gasteiger charge is -2.10. The fourth-order valence-corrected chi connectivity index (χ4v) is 3.55. The normalized spacial score (nSPS) is 20.7. The van der Waals surface area contributed by atoms with Crippen molar-refractivity contribution in [1.29, 1.82) is 0 Å². The first-order valence-corrected chi connectivity index (χ1v) is 6.78. The van der Waals surface area contributed by atoms with Crippen molar-refractivity contribution in [3.8, 4) is 0 Å². The Morgan fingerprint density at radius 2 is 2.44 bits per heavy atom. The third-order valence-electron chi connectivity index (χ3n) is 3.16. The highest BCUT2D eigenvalue weighted by Crippen LogP contribution is 2.32. The Balaban J connectivity index is 2.16. The number of hydrogen-bond acceptors (Lipinski definition) is 3. The molecule has 0 bridgehead atoms. The van der Waals surface area contributed by atoms with Gasteiger partial charge in [-0.05, 0) is 24.3 Å². The molecule has 0 radical (unpaired) electrons. The van der Waals surface area contributed by atoms with Gasteiger partial charge in [-0.15, -0.1) is 0 Å². The van der Waals surface area contributed by atoms with E-state index in [0.29, 0.717) is 12.5 Å². The summed E-state index contributed by atoms with van der Waals surface area (Å²) in [5.41, 5.74) is 8.11. The predicted molar refractivity (Wildman–Crippen MR) is 67.8 cm³/mol. The highest BCUT2D eigenvalue weighted by molar-refractivity contribution is 7.99. The molecule has 3 heterocycles. The van der Waals surface area contributed by atoms with Crippen LogP contribution in [0, 0.1) is 0 Å². The Labute approximate surface area is 99.1 Å². The summed E-state index contributed by atoms with van der Waals surface area (Å²) < 4.78 is 2.23. The second kappa shape index (κ2) is 4.11. The largest absolute Gasteiger partial charge is 0.325 e. The predicted octanol–water partition coefficient (Wildman–Crippen LogP) is 2.01. The molecule has 0 aromatic carbocycles. The molecule has 2 aromatic rings. The molecular weight excluding hydrogens is 218 g/mol. The zero-order chi connectivity index (χ0) is 11.0. The summed E-state index contributed by atoms with van der Waals surface area (Å²) in [6, 6.07) is 6.23. The van der Waals surface area contributed by atoms with Crippen LogP contribution in [0.2, 0.25) is 0 Å². The molecule has 1 unspecified atom stereocenters. The van der Waals surface area contributed by atoms with Gasteiger partial charge in [-0.2, -0.15) is 11.8 Å². The van der Waals surface area contributed by atoms with Gasteiger partial charge in [0.05, 0.1) is 11.7 Å². The maximum atomic E-state index is 5.79. The van der Waals surface area contributed by atoms with Crippen LogP contribution in [0.15, 0.2) is 24.4 Å². The second-order valence-electron chi connectivity index (χ2n) is 4.16. The third-order valence-corrected chi connectivity index (χ3v) is 4.33. The van der Waals surface area contributed by atoms with Crippen LogP contribution in [0.4, 0.5) is 0 Å². The molecular formula is C12H15N3S. The number of hydrogen-bond donors (Lipinski definition) is 1. The highest BCUT2D eigenvalue weighted by Gasteiger charge is 2.22. The lowest BCUT2D eigenvalue weighted by atomic mass is 10.1. The summed E-state index contributed by atoms with van der Waals surface area (Å²) >= 11 is 2.02. The summed E-state index contributed by atoms with van der Waals surface area (Å²) in [5.74, 6) is 4.24. The molecule has 1 atom stereocenters. The van der Waals surface area contributed by atoms with Gasteiger partial charge in [0.1, 0.15) is 5.82 Å². The van der Waals surface area contributed by atoms with E-state index < -0.39 is 0 Å². The molecule has 0 aliphatic carbocycles. The van der Waals surface area contributed by atoms with E-state index in [1.807, 2.05) is 24.0 Å². The fraction of sp³-hybridized carbons (Fsp3) is 0.417. The van der Waals surface area contributed by atoms with Gasteiger partial charge >= 0.3 is 0 Å². The topological polar surface area (TPSA) is 43.3 Å². The number of aromatic nitrogens is 2. The van der Waals surface area contributed by atoms with Crippen LogP contribution in [0.25, 0.3) is 5.52 Å². The number of rotatable bonds is 2. The molecule has 0 saturated carbocycles. The minimum absolute atomic E-state index is 0.570. The van der Waals surface area contributed by atoms with Crippen molar-refractivity contribution in [3.05, 3.63) is 35.9 Å². The number of imidazole rings is 1. The van der Waals surface area contributed by atoms with Crippen molar-refractivity contribution >= 4 is 17.3 Å². The van der Waals surface area contributed by atoms with Crippen molar-refractivity contribution in [3.63, 3.8) is 0 Å².